The number of aromatic nitrogens is 1. The fraction of sp³-hybridized carbons (Fsp3) is 0.429. The molecule has 1 aromatic carbocycles. The summed E-state index contributed by atoms with van der Waals surface area (Å²) in [6, 6.07) is 10.8. The fourth-order valence-corrected chi connectivity index (χ4v) is 4.21. The number of halogens is 2. The zero-order valence-electron chi connectivity index (χ0n) is 16.3. The zero-order chi connectivity index (χ0) is 20.6. The number of benzene rings is 1. The van der Waals surface area contributed by atoms with Gasteiger partial charge < -0.3 is 10.1 Å². The van der Waals surface area contributed by atoms with Crippen molar-refractivity contribution in [2.45, 2.75) is 36.1 Å². The highest BCUT2D eigenvalue weighted by Crippen LogP contribution is 2.31. The van der Waals surface area contributed by atoms with Crippen LogP contribution < -0.4 is 10.1 Å². The Kier molecular flexibility index (Phi) is 7.83. The van der Waals surface area contributed by atoms with Gasteiger partial charge in [-0.2, -0.15) is 8.78 Å². The molecule has 3 rings (SSSR count). The Hall–Kier alpha value is -2.19. The van der Waals surface area contributed by atoms with Gasteiger partial charge in [-0.1, -0.05) is 24.6 Å². The highest BCUT2D eigenvalue weighted by Gasteiger charge is 2.26. The van der Waals surface area contributed by atoms with Crippen LogP contribution >= 0.6 is 11.8 Å². The standard InChI is InChI=1S/C21H25F2N3O2S/c1-28-18-10-4-3-8-15(18)17(26-12-5-2-6-13-26)14-25-19(27)16-9-7-11-24-20(16)29-21(22)23/h3-4,7-11,17,21H,2,5-6,12-14H2,1H3,(H,25,27). The number of hydrogen-bond acceptors (Lipinski definition) is 5. The number of methoxy groups -OCH3 is 1. The van der Waals surface area contributed by atoms with E-state index in [2.05, 4.69) is 15.2 Å². The maximum Gasteiger partial charge on any atom is 0.290 e. The normalized spacial score (nSPS) is 15.9. The molecular formula is C21H25F2N3O2S. The molecule has 156 valence electrons. The van der Waals surface area contributed by atoms with E-state index in [0.717, 1.165) is 37.2 Å². The lowest BCUT2D eigenvalue weighted by atomic mass is 10.0. The molecular weight excluding hydrogens is 396 g/mol. The monoisotopic (exact) mass is 421 g/mol. The predicted molar refractivity (Wildman–Crippen MR) is 110 cm³/mol. The van der Waals surface area contributed by atoms with Crippen molar-refractivity contribution in [2.75, 3.05) is 26.7 Å². The van der Waals surface area contributed by atoms with E-state index >= 15 is 0 Å². The number of para-hydroxylation sites is 1. The van der Waals surface area contributed by atoms with E-state index in [4.69, 9.17) is 4.74 Å². The number of alkyl halides is 2. The van der Waals surface area contributed by atoms with Crippen molar-refractivity contribution in [3.05, 3.63) is 53.7 Å². The molecule has 1 fully saturated rings. The molecule has 2 heterocycles. The van der Waals surface area contributed by atoms with Gasteiger partial charge in [0.05, 0.1) is 18.7 Å². The van der Waals surface area contributed by atoms with Crippen molar-refractivity contribution < 1.29 is 18.3 Å². The Morgan fingerprint density at radius 2 is 1.97 bits per heavy atom. The van der Waals surface area contributed by atoms with Crippen molar-refractivity contribution in [3.63, 3.8) is 0 Å². The van der Waals surface area contributed by atoms with Gasteiger partial charge in [-0.15, -0.1) is 0 Å². The van der Waals surface area contributed by atoms with Crippen LogP contribution in [0.2, 0.25) is 0 Å². The van der Waals surface area contributed by atoms with Crippen LogP contribution in [-0.4, -0.2) is 48.3 Å². The van der Waals surface area contributed by atoms with Crippen molar-refractivity contribution in [1.29, 1.82) is 0 Å². The van der Waals surface area contributed by atoms with E-state index in [-0.39, 0.29) is 28.4 Å². The summed E-state index contributed by atoms with van der Waals surface area (Å²) >= 11 is 0.282. The summed E-state index contributed by atoms with van der Waals surface area (Å²) in [7, 11) is 1.63. The highest BCUT2D eigenvalue weighted by atomic mass is 32.2. The molecule has 5 nitrogen and oxygen atoms in total. The lowest BCUT2D eigenvalue weighted by molar-refractivity contribution is 0.0919. The van der Waals surface area contributed by atoms with Gasteiger partial charge >= 0.3 is 0 Å². The molecule has 1 amide bonds. The number of thioether (sulfide) groups is 1. The number of nitrogens with zero attached hydrogens (tertiary/aromatic N) is 2. The first kappa shape index (κ1) is 21.5. The summed E-state index contributed by atoms with van der Waals surface area (Å²) in [4.78, 5) is 19.0. The van der Waals surface area contributed by atoms with Crippen LogP contribution in [0.25, 0.3) is 0 Å². The van der Waals surface area contributed by atoms with E-state index in [1.54, 1.807) is 13.2 Å². The van der Waals surface area contributed by atoms with Gasteiger partial charge in [-0.05, 0) is 55.9 Å². The van der Waals surface area contributed by atoms with Crippen molar-refractivity contribution in [3.8, 4) is 5.75 Å². The fourth-order valence-electron chi connectivity index (χ4n) is 3.63. The molecule has 0 spiro atoms. The van der Waals surface area contributed by atoms with Gasteiger partial charge in [0, 0.05) is 18.3 Å². The molecule has 0 radical (unpaired) electrons. The first-order chi connectivity index (χ1) is 14.1. The van der Waals surface area contributed by atoms with E-state index < -0.39 is 11.7 Å². The number of amides is 1. The second-order valence-corrected chi connectivity index (χ2v) is 7.78. The maximum atomic E-state index is 12.8. The summed E-state index contributed by atoms with van der Waals surface area (Å²) in [5, 5.41) is 2.96. The molecule has 1 saturated heterocycles. The molecule has 1 N–H and O–H groups in total. The Balaban J connectivity index is 1.79. The minimum atomic E-state index is -2.63. The van der Waals surface area contributed by atoms with Crippen LogP contribution in [0.1, 0.15) is 41.2 Å². The molecule has 1 unspecified atom stereocenters. The molecule has 2 aromatic rings. The van der Waals surface area contributed by atoms with Crippen molar-refractivity contribution >= 4 is 17.7 Å². The number of hydrogen-bond donors (Lipinski definition) is 1. The van der Waals surface area contributed by atoms with Crippen LogP contribution in [0.3, 0.4) is 0 Å². The molecule has 0 bridgehead atoms. The third kappa shape index (κ3) is 5.67. The SMILES string of the molecule is COc1ccccc1C(CNC(=O)c1cccnc1SC(F)F)N1CCCCC1. The first-order valence-corrected chi connectivity index (χ1v) is 10.5. The summed E-state index contributed by atoms with van der Waals surface area (Å²) < 4.78 is 31.1. The van der Waals surface area contributed by atoms with Gasteiger partial charge in [0.1, 0.15) is 10.8 Å². The summed E-state index contributed by atoms with van der Waals surface area (Å²) in [6.45, 7) is 2.24. The molecule has 1 atom stereocenters. The minimum Gasteiger partial charge on any atom is -0.496 e. The lowest BCUT2D eigenvalue weighted by Gasteiger charge is -2.35. The van der Waals surface area contributed by atoms with Crippen LogP contribution in [0.5, 0.6) is 5.75 Å². The summed E-state index contributed by atoms with van der Waals surface area (Å²) in [5.74, 6) is -2.27. The van der Waals surface area contributed by atoms with E-state index in [1.807, 2.05) is 24.3 Å². The zero-order valence-corrected chi connectivity index (χ0v) is 17.1. The second-order valence-electron chi connectivity index (χ2n) is 6.80. The minimum absolute atomic E-state index is 0.0341. The third-order valence-electron chi connectivity index (χ3n) is 5.00. The Bertz CT molecular complexity index is 816. The van der Waals surface area contributed by atoms with Crippen molar-refractivity contribution in [2.24, 2.45) is 0 Å². The number of rotatable bonds is 8. The number of carbonyl (C=O) groups excluding carboxylic acids is 1. The second kappa shape index (κ2) is 10.5. The van der Waals surface area contributed by atoms with Crippen LogP contribution in [0.15, 0.2) is 47.6 Å². The van der Waals surface area contributed by atoms with Gasteiger partial charge in [0.15, 0.2) is 0 Å². The smallest absolute Gasteiger partial charge is 0.290 e. The first-order valence-electron chi connectivity index (χ1n) is 9.65. The molecule has 0 aliphatic carbocycles. The third-order valence-corrected chi connectivity index (χ3v) is 5.73. The van der Waals surface area contributed by atoms with Crippen LogP contribution in [-0.2, 0) is 0 Å². The molecule has 1 aliphatic heterocycles. The number of nitrogens with one attached hydrogen (secondary N) is 1. The van der Waals surface area contributed by atoms with Crippen LogP contribution in [0, 0.1) is 0 Å². The average Bonchev–Trinajstić information content (AvgIpc) is 2.75. The van der Waals surface area contributed by atoms with E-state index in [0.29, 0.717) is 6.54 Å². The Morgan fingerprint density at radius 3 is 2.69 bits per heavy atom. The van der Waals surface area contributed by atoms with E-state index in [9.17, 15) is 13.6 Å². The number of pyridine rings is 1. The predicted octanol–water partition coefficient (Wildman–Crippen LogP) is 4.36. The topological polar surface area (TPSA) is 54.5 Å². The van der Waals surface area contributed by atoms with Gasteiger partial charge in [-0.25, -0.2) is 4.98 Å². The summed E-state index contributed by atoms with van der Waals surface area (Å²) in [6.07, 6.45) is 4.83. The Labute approximate surface area is 173 Å². The number of ether oxygens (including phenoxy) is 1. The van der Waals surface area contributed by atoms with Gasteiger partial charge in [0.25, 0.3) is 11.7 Å². The quantitative estimate of drug-likeness (QED) is 0.642. The maximum absolute atomic E-state index is 12.8. The largest absolute Gasteiger partial charge is 0.496 e. The lowest BCUT2D eigenvalue weighted by Crippen LogP contribution is -2.41. The highest BCUT2D eigenvalue weighted by molar-refractivity contribution is 7.99. The van der Waals surface area contributed by atoms with Crippen molar-refractivity contribution in [1.82, 2.24) is 15.2 Å². The summed E-state index contributed by atoms with van der Waals surface area (Å²) in [5.41, 5.74) is 1.17. The van der Waals surface area contributed by atoms with Gasteiger partial charge in [0.2, 0.25) is 0 Å². The molecule has 0 saturated carbocycles. The molecule has 8 heteroatoms. The van der Waals surface area contributed by atoms with E-state index in [1.165, 1.54) is 18.7 Å². The van der Waals surface area contributed by atoms with Crippen LogP contribution in [0.4, 0.5) is 8.78 Å². The van der Waals surface area contributed by atoms with Gasteiger partial charge in [-0.3, -0.25) is 9.69 Å². The number of carbonyl (C=O) groups is 1. The number of likely N-dealkylation sites (tertiary alicyclic amines) is 1. The Morgan fingerprint density at radius 1 is 1.21 bits per heavy atom. The number of piperidine rings is 1. The molecule has 29 heavy (non-hydrogen) atoms. The molecule has 1 aromatic heterocycles. The average molecular weight is 422 g/mol. The molecule has 1 aliphatic rings.